The van der Waals surface area contributed by atoms with E-state index in [4.69, 9.17) is 11.6 Å². The first-order chi connectivity index (χ1) is 15.7. The Bertz CT molecular complexity index is 1130. The summed E-state index contributed by atoms with van der Waals surface area (Å²) in [6.07, 6.45) is 3.60. The molecule has 0 aliphatic carbocycles. The average Bonchev–Trinajstić information content (AvgIpc) is 2.84. The maximum absolute atomic E-state index is 12.3. The molecule has 6 nitrogen and oxygen atoms in total. The number of amides is 1. The first kappa shape index (κ1) is 21.8. The Morgan fingerprint density at radius 1 is 1.16 bits per heavy atom. The van der Waals surface area contributed by atoms with Gasteiger partial charge >= 0.3 is 5.91 Å². The van der Waals surface area contributed by atoms with E-state index >= 15 is 0 Å². The molecule has 2 aromatic heterocycles. The molecule has 162 valence electrons. The second kappa shape index (κ2) is 10.8. The van der Waals surface area contributed by atoms with Crippen LogP contribution in [0.15, 0.2) is 60.8 Å². The number of pyridine rings is 2. The minimum absolute atomic E-state index is 0.207. The fraction of sp³-hybridized carbons (Fsp3) is 0.240. The van der Waals surface area contributed by atoms with Gasteiger partial charge in [-0.3, -0.25) is 10.1 Å². The smallest absolute Gasteiger partial charge is 0.301 e. The van der Waals surface area contributed by atoms with Crippen LogP contribution in [0.5, 0.6) is 0 Å². The van der Waals surface area contributed by atoms with Gasteiger partial charge in [-0.05, 0) is 49.1 Å². The van der Waals surface area contributed by atoms with Gasteiger partial charge in [-0.15, -0.1) is 0 Å². The number of anilines is 2. The number of carbonyl (C=O) groups is 1. The van der Waals surface area contributed by atoms with Crippen LogP contribution >= 0.6 is 11.6 Å². The van der Waals surface area contributed by atoms with E-state index in [1.54, 1.807) is 6.07 Å². The Morgan fingerprint density at radius 2 is 2.03 bits per heavy atom. The van der Waals surface area contributed by atoms with Crippen molar-refractivity contribution in [1.82, 2.24) is 15.3 Å². The quantitative estimate of drug-likeness (QED) is 0.509. The van der Waals surface area contributed by atoms with Crippen LogP contribution in [-0.2, 0) is 11.3 Å². The molecular formula is C25H24ClN5O. The highest BCUT2D eigenvalue weighted by Crippen LogP contribution is 2.28. The molecule has 3 heterocycles. The van der Waals surface area contributed by atoms with Crippen LogP contribution in [0, 0.1) is 17.8 Å². The van der Waals surface area contributed by atoms with Crippen molar-refractivity contribution in [3.63, 3.8) is 0 Å². The number of nitrogens with zero attached hydrogens (tertiary/aromatic N) is 2. The molecule has 1 aromatic carbocycles. The highest BCUT2D eigenvalue weighted by atomic mass is 35.5. The van der Waals surface area contributed by atoms with Crippen molar-refractivity contribution in [2.75, 3.05) is 23.7 Å². The molecule has 1 aliphatic heterocycles. The molecule has 32 heavy (non-hydrogen) atoms. The molecule has 3 N–H and O–H groups in total. The fourth-order valence-corrected chi connectivity index (χ4v) is 3.67. The third-order valence-corrected chi connectivity index (χ3v) is 5.43. The Balaban J connectivity index is 1.45. The number of nitrogens with one attached hydrogen (secondary N) is 3. The summed E-state index contributed by atoms with van der Waals surface area (Å²) in [5.74, 6) is 6.65. The number of hydrogen-bond donors (Lipinski definition) is 3. The van der Waals surface area contributed by atoms with E-state index in [1.165, 1.54) is 6.20 Å². The predicted molar refractivity (Wildman–Crippen MR) is 128 cm³/mol. The number of carbonyl (C=O) groups excluding carboxylic acids is 1. The predicted octanol–water partition coefficient (Wildman–Crippen LogP) is 4.35. The first-order valence-electron chi connectivity index (χ1n) is 10.6. The lowest BCUT2D eigenvalue weighted by Crippen LogP contribution is -2.29. The van der Waals surface area contributed by atoms with E-state index in [0.717, 1.165) is 37.3 Å². The van der Waals surface area contributed by atoms with Crippen molar-refractivity contribution >= 4 is 29.1 Å². The minimum atomic E-state index is -0.386. The van der Waals surface area contributed by atoms with Crippen LogP contribution in [0.1, 0.15) is 18.4 Å². The molecule has 0 spiro atoms. The van der Waals surface area contributed by atoms with Crippen LogP contribution in [-0.4, -0.2) is 29.0 Å². The van der Waals surface area contributed by atoms with E-state index in [2.05, 4.69) is 49.9 Å². The molecule has 4 rings (SSSR count). The molecule has 0 saturated carbocycles. The maximum atomic E-state index is 12.3. The number of hydrogen-bond acceptors (Lipinski definition) is 5. The Hall–Kier alpha value is -3.40. The summed E-state index contributed by atoms with van der Waals surface area (Å²) in [6, 6.07) is 17.5. The van der Waals surface area contributed by atoms with Crippen LogP contribution < -0.4 is 16.0 Å². The van der Waals surface area contributed by atoms with E-state index < -0.39 is 0 Å². The molecule has 0 bridgehead atoms. The van der Waals surface area contributed by atoms with Crippen LogP contribution in [0.2, 0.25) is 5.02 Å². The first-order valence-corrected chi connectivity index (χ1v) is 11.0. The lowest BCUT2D eigenvalue weighted by atomic mass is 10.0. The molecular weight excluding hydrogens is 422 g/mol. The number of benzene rings is 1. The second-order valence-corrected chi connectivity index (χ2v) is 7.97. The topological polar surface area (TPSA) is 78.9 Å². The Labute approximate surface area is 192 Å². The summed E-state index contributed by atoms with van der Waals surface area (Å²) < 4.78 is 0. The minimum Gasteiger partial charge on any atom is -0.366 e. The standard InChI is InChI=1S/C25H24ClN5O/c26-21-17-29-24(31-25(32)12-11-19-8-5-13-27-15-19)14-20(21)22-9-4-10-23(30-22)28-16-18-6-2-1-3-7-18/h1-4,6-7,9-10,14,17,19,27H,5,8,13,15-16H2,(H,28,30)(H,29,31,32). The molecule has 7 heteroatoms. The van der Waals surface area contributed by atoms with Gasteiger partial charge in [-0.2, -0.15) is 0 Å². The summed E-state index contributed by atoms with van der Waals surface area (Å²) in [4.78, 5) is 21.1. The highest BCUT2D eigenvalue weighted by molar-refractivity contribution is 6.33. The molecule has 1 unspecified atom stereocenters. The lowest BCUT2D eigenvalue weighted by molar-refractivity contribution is -0.111. The summed E-state index contributed by atoms with van der Waals surface area (Å²) in [5.41, 5.74) is 2.53. The van der Waals surface area contributed by atoms with Gasteiger partial charge in [-0.25, -0.2) is 9.97 Å². The van der Waals surface area contributed by atoms with Gasteiger partial charge in [0.1, 0.15) is 11.6 Å². The van der Waals surface area contributed by atoms with Gasteiger partial charge in [-0.1, -0.05) is 53.9 Å². The van der Waals surface area contributed by atoms with Gasteiger partial charge in [0.15, 0.2) is 0 Å². The molecule has 1 aliphatic rings. The van der Waals surface area contributed by atoms with Crippen LogP contribution in [0.25, 0.3) is 11.3 Å². The summed E-state index contributed by atoms with van der Waals surface area (Å²) in [6.45, 7) is 2.50. The van der Waals surface area contributed by atoms with Crippen LogP contribution in [0.3, 0.4) is 0 Å². The SMILES string of the molecule is O=C(C#CC1CCCNC1)Nc1cc(-c2cccc(NCc3ccccc3)n2)c(Cl)cn1. The van der Waals surface area contributed by atoms with E-state index in [-0.39, 0.29) is 11.8 Å². The number of rotatable bonds is 5. The van der Waals surface area contributed by atoms with Crippen LogP contribution in [0.4, 0.5) is 11.6 Å². The highest BCUT2D eigenvalue weighted by Gasteiger charge is 2.12. The lowest BCUT2D eigenvalue weighted by Gasteiger charge is -2.17. The number of piperidine rings is 1. The third-order valence-electron chi connectivity index (χ3n) is 5.13. The van der Waals surface area contributed by atoms with Gasteiger partial charge in [0.2, 0.25) is 0 Å². The molecule has 1 atom stereocenters. The van der Waals surface area contributed by atoms with Crippen molar-refractivity contribution < 1.29 is 4.79 Å². The summed E-state index contributed by atoms with van der Waals surface area (Å²) in [7, 11) is 0. The average molecular weight is 446 g/mol. The third kappa shape index (κ3) is 6.07. The van der Waals surface area contributed by atoms with Crippen molar-refractivity contribution in [2.45, 2.75) is 19.4 Å². The number of aromatic nitrogens is 2. The zero-order valence-electron chi connectivity index (χ0n) is 17.6. The van der Waals surface area contributed by atoms with E-state index in [9.17, 15) is 4.79 Å². The summed E-state index contributed by atoms with van der Waals surface area (Å²) >= 11 is 6.38. The molecule has 0 radical (unpaired) electrons. The van der Waals surface area contributed by atoms with E-state index in [0.29, 0.717) is 28.6 Å². The number of halogens is 1. The van der Waals surface area contributed by atoms with Crippen molar-refractivity contribution in [3.8, 4) is 23.1 Å². The normalized spacial score (nSPS) is 15.3. The molecule has 1 saturated heterocycles. The van der Waals surface area contributed by atoms with Gasteiger partial charge < -0.3 is 10.6 Å². The molecule has 3 aromatic rings. The second-order valence-electron chi connectivity index (χ2n) is 7.56. The monoisotopic (exact) mass is 445 g/mol. The Morgan fingerprint density at radius 3 is 2.84 bits per heavy atom. The Kier molecular flexibility index (Phi) is 7.34. The summed E-state index contributed by atoms with van der Waals surface area (Å²) in [5, 5.41) is 9.80. The largest absolute Gasteiger partial charge is 0.366 e. The molecule has 1 amide bonds. The fourth-order valence-electron chi connectivity index (χ4n) is 3.47. The van der Waals surface area contributed by atoms with E-state index in [1.807, 2.05) is 36.4 Å². The van der Waals surface area contributed by atoms with Gasteiger partial charge in [0, 0.05) is 30.8 Å². The van der Waals surface area contributed by atoms with Crippen molar-refractivity contribution in [3.05, 3.63) is 71.4 Å². The van der Waals surface area contributed by atoms with Gasteiger partial charge in [0.05, 0.1) is 10.7 Å². The molecule has 1 fully saturated rings. The maximum Gasteiger partial charge on any atom is 0.301 e. The van der Waals surface area contributed by atoms with Gasteiger partial charge in [0.25, 0.3) is 0 Å². The zero-order valence-corrected chi connectivity index (χ0v) is 18.3. The van der Waals surface area contributed by atoms with Crippen molar-refractivity contribution in [2.24, 2.45) is 5.92 Å². The van der Waals surface area contributed by atoms with Crippen molar-refractivity contribution in [1.29, 1.82) is 0 Å². The zero-order chi connectivity index (χ0) is 22.2.